The van der Waals surface area contributed by atoms with Crippen molar-refractivity contribution in [2.24, 2.45) is 0 Å². The van der Waals surface area contributed by atoms with Gasteiger partial charge in [-0.2, -0.15) is 5.10 Å². The molecular weight excluding hydrogens is 448 g/mol. The van der Waals surface area contributed by atoms with Gasteiger partial charge in [0.05, 0.1) is 31.4 Å². The SMILES string of the molecule is CCOC(=O)N1CCN(C(=O)CSc2nc3c(cnn3-c3ccc(OC)cc3)c(=O)[nH]2)CC1. The van der Waals surface area contributed by atoms with Gasteiger partial charge >= 0.3 is 6.09 Å². The molecule has 0 saturated carbocycles. The number of rotatable bonds is 6. The maximum Gasteiger partial charge on any atom is 0.409 e. The van der Waals surface area contributed by atoms with E-state index in [1.54, 1.807) is 40.6 Å². The number of aromatic nitrogens is 4. The fourth-order valence-corrected chi connectivity index (χ4v) is 4.21. The Morgan fingerprint density at radius 1 is 1.12 bits per heavy atom. The fourth-order valence-electron chi connectivity index (χ4n) is 3.45. The number of methoxy groups -OCH3 is 1. The molecule has 0 atom stereocenters. The number of piperazine rings is 1. The zero-order chi connectivity index (χ0) is 23.4. The predicted molar refractivity (Wildman–Crippen MR) is 122 cm³/mol. The summed E-state index contributed by atoms with van der Waals surface area (Å²) in [7, 11) is 1.59. The van der Waals surface area contributed by atoms with E-state index in [0.29, 0.717) is 54.7 Å². The molecule has 3 aromatic rings. The average molecular weight is 473 g/mol. The first-order valence-corrected chi connectivity index (χ1v) is 11.4. The third-order valence-corrected chi connectivity index (χ3v) is 6.08. The molecule has 12 heteroatoms. The summed E-state index contributed by atoms with van der Waals surface area (Å²) in [6.45, 7) is 3.81. The third-order valence-electron chi connectivity index (χ3n) is 5.22. The molecule has 0 spiro atoms. The highest BCUT2D eigenvalue weighted by Crippen LogP contribution is 2.20. The Labute approximate surface area is 193 Å². The van der Waals surface area contributed by atoms with Crippen LogP contribution < -0.4 is 10.3 Å². The van der Waals surface area contributed by atoms with E-state index in [4.69, 9.17) is 9.47 Å². The second-order valence-corrected chi connectivity index (χ2v) is 8.18. The lowest BCUT2D eigenvalue weighted by molar-refractivity contribution is -0.129. The number of hydrogen-bond donors (Lipinski definition) is 1. The summed E-state index contributed by atoms with van der Waals surface area (Å²) in [5.74, 6) is 0.735. The number of aromatic amines is 1. The highest BCUT2D eigenvalue weighted by molar-refractivity contribution is 7.99. The van der Waals surface area contributed by atoms with Crippen LogP contribution in [0.3, 0.4) is 0 Å². The molecule has 1 aliphatic heterocycles. The van der Waals surface area contributed by atoms with Crippen LogP contribution in [0, 0.1) is 0 Å². The summed E-state index contributed by atoms with van der Waals surface area (Å²) in [6, 6.07) is 7.24. The first kappa shape index (κ1) is 22.6. The molecular formula is C21H24N6O5S. The molecule has 2 amide bonds. The molecule has 0 bridgehead atoms. The third kappa shape index (κ3) is 4.95. The Bertz CT molecular complexity index is 1200. The lowest BCUT2D eigenvalue weighted by atomic mass is 10.3. The number of nitrogens with one attached hydrogen (secondary N) is 1. The summed E-state index contributed by atoms with van der Waals surface area (Å²) < 4.78 is 11.8. The van der Waals surface area contributed by atoms with Gasteiger partial charge in [0, 0.05) is 26.2 Å². The van der Waals surface area contributed by atoms with Crippen LogP contribution in [0.2, 0.25) is 0 Å². The molecule has 1 aromatic carbocycles. The van der Waals surface area contributed by atoms with Gasteiger partial charge in [0.1, 0.15) is 11.1 Å². The summed E-state index contributed by atoms with van der Waals surface area (Å²) in [5, 5.41) is 4.99. The molecule has 1 aliphatic rings. The van der Waals surface area contributed by atoms with E-state index >= 15 is 0 Å². The van der Waals surface area contributed by atoms with Crippen LogP contribution in [0.4, 0.5) is 4.79 Å². The average Bonchev–Trinajstić information content (AvgIpc) is 3.27. The van der Waals surface area contributed by atoms with Crippen molar-refractivity contribution in [1.29, 1.82) is 0 Å². The minimum absolute atomic E-state index is 0.0880. The van der Waals surface area contributed by atoms with Gasteiger partial charge in [0.15, 0.2) is 10.8 Å². The van der Waals surface area contributed by atoms with E-state index < -0.39 is 0 Å². The van der Waals surface area contributed by atoms with Crippen LogP contribution in [-0.4, -0.2) is 87.2 Å². The van der Waals surface area contributed by atoms with Gasteiger partial charge in [-0.3, -0.25) is 9.59 Å². The zero-order valence-electron chi connectivity index (χ0n) is 18.3. The van der Waals surface area contributed by atoms with Gasteiger partial charge in [-0.25, -0.2) is 14.5 Å². The number of H-pyrrole nitrogens is 1. The number of carbonyl (C=O) groups excluding carboxylic acids is 2. The molecule has 4 rings (SSSR count). The Morgan fingerprint density at radius 3 is 2.48 bits per heavy atom. The monoisotopic (exact) mass is 472 g/mol. The van der Waals surface area contributed by atoms with Crippen LogP contribution in [0.5, 0.6) is 5.75 Å². The molecule has 1 N–H and O–H groups in total. The van der Waals surface area contributed by atoms with Gasteiger partial charge in [-0.1, -0.05) is 11.8 Å². The van der Waals surface area contributed by atoms with Gasteiger partial charge in [-0.15, -0.1) is 0 Å². The first-order chi connectivity index (χ1) is 16.0. The van der Waals surface area contributed by atoms with E-state index in [0.717, 1.165) is 17.4 Å². The van der Waals surface area contributed by atoms with Crippen molar-refractivity contribution in [2.45, 2.75) is 12.1 Å². The molecule has 11 nitrogen and oxygen atoms in total. The minimum atomic E-state index is -0.359. The number of nitrogens with zero attached hydrogens (tertiary/aromatic N) is 5. The van der Waals surface area contributed by atoms with E-state index in [9.17, 15) is 14.4 Å². The molecule has 2 aromatic heterocycles. The van der Waals surface area contributed by atoms with E-state index in [1.165, 1.54) is 6.20 Å². The molecule has 3 heterocycles. The number of ether oxygens (including phenoxy) is 2. The van der Waals surface area contributed by atoms with E-state index in [1.807, 2.05) is 12.1 Å². The molecule has 1 saturated heterocycles. The maximum absolute atomic E-state index is 12.6. The number of fused-ring (bicyclic) bond motifs is 1. The second-order valence-electron chi connectivity index (χ2n) is 7.22. The van der Waals surface area contributed by atoms with Crippen molar-refractivity contribution in [3.63, 3.8) is 0 Å². The number of benzene rings is 1. The standard InChI is InChI=1S/C21H24N6O5S/c1-3-32-21(30)26-10-8-25(9-11-26)17(28)13-33-20-23-18-16(19(29)24-20)12-22-27(18)14-4-6-15(31-2)7-5-14/h4-7,12H,3,8-11,13H2,1-2H3,(H,23,24,29). The molecule has 174 valence electrons. The molecule has 1 fully saturated rings. The molecule has 33 heavy (non-hydrogen) atoms. The van der Waals surface area contributed by atoms with Crippen molar-refractivity contribution < 1.29 is 19.1 Å². The summed E-state index contributed by atoms with van der Waals surface area (Å²) in [6.07, 6.45) is 1.11. The van der Waals surface area contributed by atoms with Crippen molar-refractivity contribution >= 4 is 34.8 Å². The minimum Gasteiger partial charge on any atom is -0.497 e. The van der Waals surface area contributed by atoms with Gasteiger partial charge in [0.25, 0.3) is 5.56 Å². The van der Waals surface area contributed by atoms with Gasteiger partial charge in [0.2, 0.25) is 5.91 Å². The Kier molecular flexibility index (Phi) is 6.82. The number of hydrogen-bond acceptors (Lipinski definition) is 8. The lowest BCUT2D eigenvalue weighted by Gasteiger charge is -2.34. The zero-order valence-corrected chi connectivity index (χ0v) is 19.1. The van der Waals surface area contributed by atoms with Crippen molar-refractivity contribution in [2.75, 3.05) is 45.6 Å². The fraction of sp³-hybridized carbons (Fsp3) is 0.381. The highest BCUT2D eigenvalue weighted by atomic mass is 32.2. The molecule has 0 unspecified atom stereocenters. The summed E-state index contributed by atoms with van der Waals surface area (Å²) in [5.41, 5.74) is 0.815. The van der Waals surface area contributed by atoms with E-state index in [-0.39, 0.29) is 23.3 Å². The summed E-state index contributed by atoms with van der Waals surface area (Å²) in [4.78, 5) is 47.5. The summed E-state index contributed by atoms with van der Waals surface area (Å²) >= 11 is 1.16. The number of carbonyl (C=O) groups is 2. The lowest BCUT2D eigenvalue weighted by Crippen LogP contribution is -2.51. The Hall–Kier alpha value is -3.54. The van der Waals surface area contributed by atoms with Crippen LogP contribution in [0.15, 0.2) is 40.4 Å². The predicted octanol–water partition coefficient (Wildman–Crippen LogP) is 1.51. The second kappa shape index (κ2) is 9.94. The number of amides is 2. The van der Waals surface area contributed by atoms with Gasteiger partial charge in [-0.05, 0) is 31.2 Å². The van der Waals surface area contributed by atoms with Crippen molar-refractivity contribution in [3.8, 4) is 11.4 Å². The van der Waals surface area contributed by atoms with Crippen molar-refractivity contribution in [3.05, 3.63) is 40.8 Å². The quantitative estimate of drug-likeness (QED) is 0.423. The topological polar surface area (TPSA) is 123 Å². The highest BCUT2D eigenvalue weighted by Gasteiger charge is 2.25. The molecule has 0 aliphatic carbocycles. The normalized spacial score (nSPS) is 13.9. The van der Waals surface area contributed by atoms with Crippen LogP contribution in [0.25, 0.3) is 16.7 Å². The van der Waals surface area contributed by atoms with Gasteiger partial charge < -0.3 is 24.3 Å². The van der Waals surface area contributed by atoms with E-state index in [2.05, 4.69) is 15.1 Å². The van der Waals surface area contributed by atoms with Crippen LogP contribution in [0.1, 0.15) is 6.92 Å². The Balaban J connectivity index is 1.43. The Morgan fingerprint density at radius 2 is 1.82 bits per heavy atom. The van der Waals surface area contributed by atoms with Crippen LogP contribution in [-0.2, 0) is 9.53 Å². The maximum atomic E-state index is 12.6. The number of thioether (sulfide) groups is 1. The van der Waals surface area contributed by atoms with Crippen molar-refractivity contribution in [1.82, 2.24) is 29.5 Å². The smallest absolute Gasteiger partial charge is 0.409 e. The molecule has 0 radical (unpaired) electrons. The van der Waals surface area contributed by atoms with Crippen LogP contribution >= 0.6 is 11.8 Å². The largest absolute Gasteiger partial charge is 0.497 e. The first-order valence-electron chi connectivity index (χ1n) is 10.4.